The highest BCUT2D eigenvalue weighted by molar-refractivity contribution is 5.82. The highest BCUT2D eigenvalue weighted by Crippen LogP contribution is 2.40. The van der Waals surface area contributed by atoms with Gasteiger partial charge in [0, 0.05) is 30.9 Å². The minimum Gasteiger partial charge on any atom is -0.378 e. The van der Waals surface area contributed by atoms with E-state index >= 15 is 0 Å². The van der Waals surface area contributed by atoms with E-state index in [-0.39, 0.29) is 23.4 Å². The maximum absolute atomic E-state index is 12.9. The largest absolute Gasteiger partial charge is 0.378 e. The standard InChI is InChI=1S/C21H34N6O2/c1-13(2)15-9-16(26-25-15)19(28)23-17-10-21(3,4)11-18-14(17)12-22-20(24-18)27-5-7-29-8-6-27/h12-13,15-17,25-26H,5-11H2,1-4H3,(H,23,28). The van der Waals surface area contributed by atoms with E-state index in [2.05, 4.69) is 53.7 Å². The number of hydrogen-bond donors (Lipinski definition) is 3. The van der Waals surface area contributed by atoms with Gasteiger partial charge in [0.2, 0.25) is 11.9 Å². The van der Waals surface area contributed by atoms with Crippen LogP contribution in [0.5, 0.6) is 0 Å². The first-order valence-corrected chi connectivity index (χ1v) is 10.8. The Hall–Kier alpha value is -1.77. The molecule has 8 nitrogen and oxygen atoms in total. The van der Waals surface area contributed by atoms with Gasteiger partial charge in [0.05, 0.1) is 24.9 Å². The number of anilines is 1. The van der Waals surface area contributed by atoms with E-state index in [0.717, 1.165) is 49.6 Å². The van der Waals surface area contributed by atoms with Crippen LogP contribution >= 0.6 is 0 Å². The molecule has 0 radical (unpaired) electrons. The van der Waals surface area contributed by atoms with Crippen molar-refractivity contribution in [1.82, 2.24) is 26.1 Å². The number of carbonyl (C=O) groups is 1. The van der Waals surface area contributed by atoms with Crippen molar-refractivity contribution in [2.24, 2.45) is 11.3 Å². The van der Waals surface area contributed by atoms with Gasteiger partial charge in [-0.05, 0) is 30.6 Å². The minimum atomic E-state index is -0.204. The van der Waals surface area contributed by atoms with Gasteiger partial charge in [-0.25, -0.2) is 15.4 Å². The second-order valence-electron chi connectivity index (χ2n) is 9.71. The lowest BCUT2D eigenvalue weighted by molar-refractivity contribution is -0.124. The summed E-state index contributed by atoms with van der Waals surface area (Å²) in [6.07, 6.45) is 4.51. The molecule has 1 aromatic rings. The molecular weight excluding hydrogens is 368 g/mol. The molecule has 1 aromatic heterocycles. The van der Waals surface area contributed by atoms with Gasteiger partial charge >= 0.3 is 0 Å². The summed E-state index contributed by atoms with van der Waals surface area (Å²) < 4.78 is 5.44. The fraction of sp³-hybridized carbons (Fsp3) is 0.762. The Morgan fingerprint density at radius 1 is 1.31 bits per heavy atom. The summed E-state index contributed by atoms with van der Waals surface area (Å²) in [6, 6.07) is 0.0598. The molecule has 0 saturated carbocycles. The monoisotopic (exact) mass is 402 g/mol. The van der Waals surface area contributed by atoms with Gasteiger partial charge in [-0.2, -0.15) is 0 Å². The minimum absolute atomic E-state index is 0.0477. The number of ether oxygens (including phenoxy) is 1. The van der Waals surface area contributed by atoms with Gasteiger partial charge < -0.3 is 15.0 Å². The van der Waals surface area contributed by atoms with Gasteiger partial charge in [-0.1, -0.05) is 27.7 Å². The van der Waals surface area contributed by atoms with Crippen LogP contribution in [0.25, 0.3) is 0 Å². The Kier molecular flexibility index (Phi) is 5.77. The third-order valence-electron chi connectivity index (χ3n) is 6.33. The van der Waals surface area contributed by atoms with Gasteiger partial charge in [0.1, 0.15) is 6.04 Å². The van der Waals surface area contributed by atoms with E-state index in [4.69, 9.17) is 9.72 Å². The molecule has 2 aliphatic heterocycles. The molecule has 3 aliphatic rings. The van der Waals surface area contributed by atoms with Crippen LogP contribution in [0.15, 0.2) is 6.20 Å². The van der Waals surface area contributed by atoms with Crippen LogP contribution in [0.2, 0.25) is 0 Å². The first-order chi connectivity index (χ1) is 13.8. The van der Waals surface area contributed by atoms with E-state index in [1.165, 1.54) is 0 Å². The molecule has 3 heterocycles. The van der Waals surface area contributed by atoms with Crippen LogP contribution < -0.4 is 21.1 Å². The molecule has 0 aromatic carbocycles. The average molecular weight is 403 g/mol. The number of hydrazine groups is 1. The molecule has 1 aliphatic carbocycles. The fourth-order valence-electron chi connectivity index (χ4n) is 4.54. The SMILES string of the molecule is CC(C)C1CC(C(=O)NC2CC(C)(C)Cc3nc(N4CCOCC4)ncc32)NN1. The molecule has 0 spiro atoms. The third-order valence-corrected chi connectivity index (χ3v) is 6.33. The molecule has 8 heteroatoms. The van der Waals surface area contributed by atoms with Crippen LogP contribution in [-0.2, 0) is 16.0 Å². The van der Waals surface area contributed by atoms with Crippen LogP contribution in [0.1, 0.15) is 57.8 Å². The molecule has 29 heavy (non-hydrogen) atoms. The summed E-state index contributed by atoms with van der Waals surface area (Å²) in [4.78, 5) is 24.7. The number of nitrogens with zero attached hydrogens (tertiary/aromatic N) is 3. The summed E-state index contributed by atoms with van der Waals surface area (Å²) in [5.41, 5.74) is 8.60. The van der Waals surface area contributed by atoms with Crippen molar-refractivity contribution in [1.29, 1.82) is 0 Å². The number of amides is 1. The normalized spacial score (nSPS) is 29.0. The maximum atomic E-state index is 12.9. The van der Waals surface area contributed by atoms with E-state index in [0.29, 0.717) is 25.2 Å². The quantitative estimate of drug-likeness (QED) is 0.700. The second kappa shape index (κ2) is 8.16. The number of morpholine rings is 1. The Bertz CT molecular complexity index is 747. The first-order valence-electron chi connectivity index (χ1n) is 10.8. The zero-order chi connectivity index (χ0) is 20.6. The van der Waals surface area contributed by atoms with Crippen molar-refractivity contribution in [2.45, 2.75) is 65.1 Å². The zero-order valence-electron chi connectivity index (χ0n) is 18.0. The highest BCUT2D eigenvalue weighted by atomic mass is 16.5. The molecule has 160 valence electrons. The van der Waals surface area contributed by atoms with Gasteiger partial charge in [0.15, 0.2) is 0 Å². The second-order valence-corrected chi connectivity index (χ2v) is 9.71. The third kappa shape index (κ3) is 4.54. The number of aromatic nitrogens is 2. The van der Waals surface area contributed by atoms with Crippen molar-refractivity contribution in [2.75, 3.05) is 31.2 Å². The van der Waals surface area contributed by atoms with Crippen LogP contribution in [-0.4, -0.2) is 54.3 Å². The molecule has 2 saturated heterocycles. The van der Waals surface area contributed by atoms with Crippen LogP contribution in [0.4, 0.5) is 5.95 Å². The summed E-state index contributed by atoms with van der Waals surface area (Å²) >= 11 is 0. The Balaban J connectivity index is 1.50. The van der Waals surface area contributed by atoms with Gasteiger partial charge in [-0.15, -0.1) is 0 Å². The summed E-state index contributed by atoms with van der Waals surface area (Å²) in [5.74, 6) is 1.31. The molecule has 2 fully saturated rings. The first kappa shape index (κ1) is 20.5. The highest BCUT2D eigenvalue weighted by Gasteiger charge is 2.37. The smallest absolute Gasteiger partial charge is 0.239 e. The number of carbonyl (C=O) groups excluding carboxylic acids is 1. The molecular formula is C21H34N6O2. The maximum Gasteiger partial charge on any atom is 0.239 e. The Morgan fingerprint density at radius 2 is 2.07 bits per heavy atom. The number of nitrogens with one attached hydrogen (secondary N) is 3. The predicted molar refractivity (Wildman–Crippen MR) is 111 cm³/mol. The topological polar surface area (TPSA) is 91.4 Å². The van der Waals surface area contributed by atoms with Crippen molar-refractivity contribution < 1.29 is 9.53 Å². The number of fused-ring (bicyclic) bond motifs is 1. The van der Waals surface area contributed by atoms with E-state index in [1.807, 2.05) is 6.20 Å². The summed E-state index contributed by atoms with van der Waals surface area (Å²) in [5, 5.41) is 3.28. The number of rotatable bonds is 4. The van der Waals surface area contributed by atoms with Gasteiger partial charge in [-0.3, -0.25) is 10.2 Å². The van der Waals surface area contributed by atoms with E-state index < -0.39 is 0 Å². The predicted octanol–water partition coefficient (Wildman–Crippen LogP) is 1.33. The molecule has 1 amide bonds. The fourth-order valence-corrected chi connectivity index (χ4v) is 4.54. The molecule has 3 atom stereocenters. The Labute approximate surface area is 173 Å². The van der Waals surface area contributed by atoms with E-state index in [9.17, 15) is 4.79 Å². The number of hydrogen-bond acceptors (Lipinski definition) is 7. The Morgan fingerprint density at radius 3 is 2.76 bits per heavy atom. The van der Waals surface area contributed by atoms with E-state index in [1.54, 1.807) is 0 Å². The lowest BCUT2D eigenvalue weighted by Crippen LogP contribution is -2.46. The van der Waals surface area contributed by atoms with Crippen LogP contribution in [0, 0.1) is 11.3 Å². The van der Waals surface area contributed by atoms with Crippen molar-refractivity contribution in [3.05, 3.63) is 17.5 Å². The summed E-state index contributed by atoms with van der Waals surface area (Å²) in [6.45, 7) is 11.9. The molecule has 0 bridgehead atoms. The van der Waals surface area contributed by atoms with Crippen molar-refractivity contribution in [3.63, 3.8) is 0 Å². The zero-order valence-corrected chi connectivity index (χ0v) is 18.0. The van der Waals surface area contributed by atoms with Crippen molar-refractivity contribution in [3.8, 4) is 0 Å². The summed E-state index contributed by atoms with van der Waals surface area (Å²) in [7, 11) is 0. The molecule has 3 unspecified atom stereocenters. The van der Waals surface area contributed by atoms with Gasteiger partial charge in [0.25, 0.3) is 0 Å². The lowest BCUT2D eigenvalue weighted by atomic mass is 9.74. The molecule has 3 N–H and O–H groups in total. The molecule has 4 rings (SSSR count). The average Bonchev–Trinajstić information content (AvgIpc) is 3.18. The van der Waals surface area contributed by atoms with Crippen molar-refractivity contribution >= 4 is 11.9 Å². The lowest BCUT2D eigenvalue weighted by Gasteiger charge is -2.37. The van der Waals surface area contributed by atoms with Crippen LogP contribution in [0.3, 0.4) is 0 Å².